The van der Waals surface area contributed by atoms with Crippen LogP contribution in [0.3, 0.4) is 0 Å². The third-order valence-electron chi connectivity index (χ3n) is 4.37. The first kappa shape index (κ1) is 21.2. The highest BCUT2D eigenvalue weighted by atomic mass is 32.2. The van der Waals surface area contributed by atoms with Gasteiger partial charge in [-0.25, -0.2) is 18.4 Å². The Morgan fingerprint density at radius 2 is 1.71 bits per heavy atom. The van der Waals surface area contributed by atoms with Crippen molar-refractivity contribution in [3.05, 3.63) is 59.5 Å². The highest BCUT2D eigenvalue weighted by Crippen LogP contribution is 2.37. The van der Waals surface area contributed by atoms with E-state index in [1.54, 1.807) is 6.07 Å². The van der Waals surface area contributed by atoms with Crippen LogP contribution in [0.15, 0.2) is 59.5 Å². The van der Waals surface area contributed by atoms with Crippen LogP contribution in [0.1, 0.15) is 9.67 Å². The summed E-state index contributed by atoms with van der Waals surface area (Å²) in [7, 11) is -3.75. The van der Waals surface area contributed by atoms with Crippen LogP contribution in [0.5, 0.6) is 17.2 Å². The van der Waals surface area contributed by atoms with Gasteiger partial charge in [0.25, 0.3) is 0 Å². The number of primary sulfonamides is 1. The summed E-state index contributed by atoms with van der Waals surface area (Å²) in [6, 6.07) is 14.9. The van der Waals surface area contributed by atoms with Crippen molar-refractivity contribution in [2.24, 2.45) is 5.14 Å². The minimum Gasteiger partial charge on any atom is -0.490 e. The first-order valence-electron chi connectivity index (χ1n) is 9.33. The Morgan fingerprint density at radius 1 is 0.968 bits per heavy atom. The molecule has 0 atom stereocenters. The molecule has 1 aliphatic heterocycles. The van der Waals surface area contributed by atoms with Crippen LogP contribution in [0.4, 0.5) is 0 Å². The molecular formula is C21H19NO7S2. The Kier molecular flexibility index (Phi) is 6.12. The number of rotatable bonds is 7. The summed E-state index contributed by atoms with van der Waals surface area (Å²) < 4.78 is 44.3. The Labute approximate surface area is 183 Å². The Morgan fingerprint density at radius 3 is 2.45 bits per heavy atom. The number of thiophene rings is 1. The molecule has 4 rings (SSSR count). The van der Waals surface area contributed by atoms with Gasteiger partial charge in [-0.1, -0.05) is 0 Å². The molecule has 0 saturated heterocycles. The Bertz CT molecular complexity index is 1190. The molecule has 0 spiro atoms. The smallest absolute Gasteiger partial charge is 0.348 e. The summed E-state index contributed by atoms with van der Waals surface area (Å²) in [5.41, 5.74) is 0.930. The molecule has 8 nitrogen and oxygen atoms in total. The van der Waals surface area contributed by atoms with E-state index in [1.165, 1.54) is 35.6 Å². The fourth-order valence-electron chi connectivity index (χ4n) is 2.89. The van der Waals surface area contributed by atoms with E-state index in [4.69, 9.17) is 24.1 Å². The highest BCUT2D eigenvalue weighted by molar-refractivity contribution is 7.89. The van der Waals surface area contributed by atoms with Gasteiger partial charge >= 0.3 is 5.97 Å². The maximum atomic E-state index is 12.3. The molecule has 0 radical (unpaired) electrons. The van der Waals surface area contributed by atoms with E-state index in [9.17, 15) is 13.2 Å². The third-order valence-corrected chi connectivity index (χ3v) is 6.41. The van der Waals surface area contributed by atoms with Crippen LogP contribution in [-0.4, -0.2) is 40.8 Å². The second kappa shape index (κ2) is 8.96. The number of benzene rings is 2. The van der Waals surface area contributed by atoms with Gasteiger partial charge in [0.05, 0.1) is 4.90 Å². The second-order valence-corrected chi connectivity index (χ2v) is 9.17. The van der Waals surface area contributed by atoms with Gasteiger partial charge in [-0.05, 0) is 60.2 Å². The average molecular weight is 462 g/mol. The molecule has 0 aliphatic carbocycles. The van der Waals surface area contributed by atoms with Crippen molar-refractivity contribution in [1.29, 1.82) is 0 Å². The number of nitrogens with two attached hydrogens (primary N) is 1. The number of sulfonamides is 1. The topological polar surface area (TPSA) is 114 Å². The quantitative estimate of drug-likeness (QED) is 0.425. The molecule has 0 saturated carbocycles. The molecule has 0 bridgehead atoms. The van der Waals surface area contributed by atoms with Crippen LogP contribution in [0.25, 0.3) is 10.4 Å². The number of carbonyl (C=O) groups is 1. The lowest BCUT2D eigenvalue weighted by molar-refractivity contribution is 0.0456. The summed E-state index contributed by atoms with van der Waals surface area (Å²) in [6.07, 6.45) is 0. The number of ether oxygens (including phenoxy) is 4. The number of hydrogen-bond acceptors (Lipinski definition) is 8. The molecule has 3 aromatic rings. The van der Waals surface area contributed by atoms with Crippen LogP contribution in [0, 0.1) is 0 Å². The van der Waals surface area contributed by atoms with E-state index in [2.05, 4.69) is 0 Å². The normalized spacial score (nSPS) is 12.9. The van der Waals surface area contributed by atoms with E-state index in [1.807, 2.05) is 24.3 Å². The van der Waals surface area contributed by atoms with E-state index in [0.717, 1.165) is 10.4 Å². The molecular weight excluding hydrogens is 442 g/mol. The lowest BCUT2D eigenvalue weighted by Gasteiger charge is -2.18. The molecule has 162 valence electrons. The highest BCUT2D eigenvalue weighted by Gasteiger charge is 2.16. The first-order valence-corrected chi connectivity index (χ1v) is 11.7. The summed E-state index contributed by atoms with van der Waals surface area (Å²) >= 11 is 1.32. The van der Waals surface area contributed by atoms with Crippen LogP contribution >= 0.6 is 11.3 Å². The molecule has 0 fully saturated rings. The van der Waals surface area contributed by atoms with Crippen LogP contribution in [-0.2, 0) is 14.8 Å². The van der Waals surface area contributed by atoms with Crippen molar-refractivity contribution in [2.75, 3.05) is 26.4 Å². The predicted octanol–water partition coefficient (Wildman–Crippen LogP) is 3.07. The van der Waals surface area contributed by atoms with Crippen molar-refractivity contribution >= 4 is 27.3 Å². The van der Waals surface area contributed by atoms with E-state index in [-0.39, 0.29) is 18.1 Å². The minimum absolute atomic E-state index is 0.00204. The predicted molar refractivity (Wildman–Crippen MR) is 114 cm³/mol. The fourth-order valence-corrected chi connectivity index (χ4v) is 4.30. The monoisotopic (exact) mass is 461 g/mol. The number of fused-ring (bicyclic) bond motifs is 1. The maximum absolute atomic E-state index is 12.3. The Balaban J connectivity index is 1.29. The van der Waals surface area contributed by atoms with Gasteiger partial charge in [-0.2, -0.15) is 0 Å². The van der Waals surface area contributed by atoms with Gasteiger partial charge < -0.3 is 18.9 Å². The van der Waals surface area contributed by atoms with Crippen molar-refractivity contribution in [3.8, 4) is 27.7 Å². The first-order chi connectivity index (χ1) is 14.9. The summed E-state index contributed by atoms with van der Waals surface area (Å²) in [5, 5.41) is 5.05. The number of esters is 1. The van der Waals surface area contributed by atoms with Gasteiger partial charge in [-0.15, -0.1) is 11.3 Å². The van der Waals surface area contributed by atoms with E-state index >= 15 is 0 Å². The lowest BCUT2D eigenvalue weighted by Crippen LogP contribution is -2.15. The molecule has 0 amide bonds. The largest absolute Gasteiger partial charge is 0.490 e. The molecule has 2 heterocycles. The number of carbonyl (C=O) groups excluding carboxylic acids is 1. The van der Waals surface area contributed by atoms with Gasteiger partial charge in [0.2, 0.25) is 10.0 Å². The molecule has 1 aromatic heterocycles. The standard InChI is InChI=1S/C21H19NO7S2/c22-31(24,25)16-4-2-15(3-5-16)26-9-12-29-21(23)20-8-7-19(30-20)14-1-6-17-18(13-14)28-11-10-27-17/h1-8,13H,9-12H2,(H2,22,24,25). The molecule has 31 heavy (non-hydrogen) atoms. The second-order valence-electron chi connectivity index (χ2n) is 6.52. The van der Waals surface area contributed by atoms with Crippen molar-refractivity contribution in [3.63, 3.8) is 0 Å². The van der Waals surface area contributed by atoms with Gasteiger partial charge in [0.1, 0.15) is 37.1 Å². The third kappa shape index (κ3) is 5.16. The maximum Gasteiger partial charge on any atom is 0.348 e. The molecule has 10 heteroatoms. The fraction of sp³-hybridized carbons (Fsp3) is 0.190. The zero-order valence-corrected chi connectivity index (χ0v) is 17.9. The zero-order chi connectivity index (χ0) is 21.8. The van der Waals surface area contributed by atoms with Gasteiger partial charge in [0.15, 0.2) is 11.5 Å². The molecule has 1 aliphatic rings. The van der Waals surface area contributed by atoms with Crippen LogP contribution < -0.4 is 19.3 Å². The van der Waals surface area contributed by atoms with Gasteiger partial charge in [-0.3, -0.25) is 0 Å². The lowest BCUT2D eigenvalue weighted by atomic mass is 10.1. The summed E-state index contributed by atoms with van der Waals surface area (Å²) in [6.45, 7) is 1.22. The Hall–Kier alpha value is -3.08. The van der Waals surface area contributed by atoms with Crippen molar-refractivity contribution < 1.29 is 32.2 Å². The van der Waals surface area contributed by atoms with E-state index in [0.29, 0.717) is 35.3 Å². The number of hydrogen-bond donors (Lipinski definition) is 1. The summed E-state index contributed by atoms with van der Waals surface area (Å²) in [5.74, 6) is 1.41. The van der Waals surface area contributed by atoms with Crippen molar-refractivity contribution in [2.45, 2.75) is 4.90 Å². The average Bonchev–Trinajstić information content (AvgIpc) is 3.26. The molecule has 2 N–H and O–H groups in total. The molecule has 0 unspecified atom stereocenters. The van der Waals surface area contributed by atoms with Crippen LogP contribution in [0.2, 0.25) is 0 Å². The zero-order valence-electron chi connectivity index (χ0n) is 16.3. The SMILES string of the molecule is NS(=O)(=O)c1ccc(OCCOC(=O)c2ccc(-c3ccc4c(c3)OCCO4)s2)cc1. The minimum atomic E-state index is -3.75. The summed E-state index contributed by atoms with van der Waals surface area (Å²) in [4.78, 5) is 13.7. The van der Waals surface area contributed by atoms with Gasteiger partial charge in [0, 0.05) is 4.88 Å². The van der Waals surface area contributed by atoms with Crippen molar-refractivity contribution in [1.82, 2.24) is 0 Å². The van der Waals surface area contributed by atoms with E-state index < -0.39 is 16.0 Å². The molecule has 2 aromatic carbocycles.